The van der Waals surface area contributed by atoms with Crippen molar-refractivity contribution >= 4 is 33.4 Å². The first kappa shape index (κ1) is 20.5. The van der Waals surface area contributed by atoms with Crippen molar-refractivity contribution in [2.75, 3.05) is 6.61 Å². The largest absolute Gasteiger partial charge is 0.452 e. The van der Waals surface area contributed by atoms with Crippen LogP contribution in [0, 0.1) is 0 Å². The van der Waals surface area contributed by atoms with Gasteiger partial charge in [-0.3, -0.25) is 4.79 Å². The molecule has 1 saturated carbocycles. The Bertz CT molecular complexity index is 989. The quantitative estimate of drug-likeness (QED) is 0.563. The minimum absolute atomic E-state index is 0.187. The molecule has 0 aliphatic heterocycles. The lowest BCUT2D eigenvalue weighted by Crippen LogP contribution is -2.38. The highest BCUT2D eigenvalue weighted by Crippen LogP contribution is 2.32. The van der Waals surface area contributed by atoms with Crippen LogP contribution in [0.15, 0.2) is 48.5 Å². The minimum Gasteiger partial charge on any atom is -0.452 e. The molecular formula is C24H26N2O3S. The van der Waals surface area contributed by atoms with Crippen LogP contribution in [0.1, 0.15) is 55.3 Å². The number of fused-ring (bicyclic) bond motifs is 1. The maximum absolute atomic E-state index is 12.7. The number of aromatic nitrogens is 1. The van der Waals surface area contributed by atoms with E-state index in [9.17, 15) is 9.59 Å². The van der Waals surface area contributed by atoms with Crippen molar-refractivity contribution in [1.29, 1.82) is 0 Å². The molecule has 1 aliphatic carbocycles. The molecule has 6 heteroatoms. The molecule has 30 heavy (non-hydrogen) atoms. The van der Waals surface area contributed by atoms with Crippen LogP contribution < -0.4 is 5.32 Å². The zero-order valence-electron chi connectivity index (χ0n) is 16.9. The van der Waals surface area contributed by atoms with Gasteiger partial charge in [0.25, 0.3) is 5.91 Å². The molecule has 0 radical (unpaired) electrons. The Hall–Kier alpha value is -2.73. The fourth-order valence-electron chi connectivity index (χ4n) is 3.91. The van der Waals surface area contributed by atoms with Crippen molar-refractivity contribution in [1.82, 2.24) is 10.3 Å². The van der Waals surface area contributed by atoms with Crippen molar-refractivity contribution < 1.29 is 14.3 Å². The molecule has 5 nitrogen and oxygen atoms in total. The number of carbonyl (C=O) groups is 2. The van der Waals surface area contributed by atoms with Gasteiger partial charge in [0, 0.05) is 11.6 Å². The summed E-state index contributed by atoms with van der Waals surface area (Å²) in [5.41, 5.74) is 2.05. The van der Waals surface area contributed by atoms with Crippen molar-refractivity contribution in [3.8, 4) is 10.6 Å². The molecule has 1 N–H and O–H groups in total. The first-order chi connectivity index (χ1) is 14.7. The van der Waals surface area contributed by atoms with Gasteiger partial charge >= 0.3 is 5.97 Å². The molecule has 1 aliphatic rings. The SMILES string of the molecule is O=C(COC(=O)c1ccccc1-c1nc2ccccc2s1)NC1CCCCCCC1. The Balaban J connectivity index is 1.40. The number of para-hydroxylation sites is 1. The molecule has 0 saturated heterocycles. The molecule has 2 aromatic carbocycles. The molecule has 1 amide bonds. The van der Waals surface area contributed by atoms with E-state index in [0.717, 1.165) is 46.5 Å². The zero-order valence-corrected chi connectivity index (χ0v) is 17.7. The molecule has 1 heterocycles. The number of rotatable bonds is 5. The van der Waals surface area contributed by atoms with Gasteiger partial charge < -0.3 is 10.1 Å². The molecule has 1 aromatic heterocycles. The van der Waals surface area contributed by atoms with Crippen molar-refractivity contribution in [3.63, 3.8) is 0 Å². The molecule has 156 valence electrons. The van der Waals surface area contributed by atoms with E-state index in [-0.39, 0.29) is 18.6 Å². The van der Waals surface area contributed by atoms with Gasteiger partial charge in [0.2, 0.25) is 0 Å². The van der Waals surface area contributed by atoms with Crippen LogP contribution in [0.25, 0.3) is 20.8 Å². The molecule has 0 bridgehead atoms. The Morgan fingerprint density at radius 3 is 2.47 bits per heavy atom. The average Bonchev–Trinajstić information content (AvgIpc) is 3.18. The van der Waals surface area contributed by atoms with Gasteiger partial charge in [0.1, 0.15) is 5.01 Å². The molecule has 0 unspecified atom stereocenters. The topological polar surface area (TPSA) is 68.3 Å². The predicted molar refractivity (Wildman–Crippen MR) is 120 cm³/mol. The molecule has 0 spiro atoms. The second-order valence-electron chi connectivity index (χ2n) is 7.72. The number of benzene rings is 2. The second kappa shape index (κ2) is 9.85. The van der Waals surface area contributed by atoms with E-state index in [0.29, 0.717) is 5.56 Å². The Morgan fingerprint density at radius 1 is 0.967 bits per heavy atom. The molecule has 4 rings (SSSR count). The Labute approximate surface area is 180 Å². The summed E-state index contributed by atoms with van der Waals surface area (Å²) in [5, 5.41) is 3.80. The van der Waals surface area contributed by atoms with E-state index < -0.39 is 5.97 Å². The predicted octanol–water partition coefficient (Wildman–Crippen LogP) is 5.35. The number of esters is 1. The second-order valence-corrected chi connectivity index (χ2v) is 8.75. The number of amides is 1. The lowest BCUT2D eigenvalue weighted by atomic mass is 9.97. The third kappa shape index (κ3) is 5.05. The lowest BCUT2D eigenvalue weighted by molar-refractivity contribution is -0.125. The number of ether oxygens (including phenoxy) is 1. The summed E-state index contributed by atoms with van der Waals surface area (Å²) >= 11 is 1.54. The van der Waals surface area contributed by atoms with E-state index >= 15 is 0 Å². The molecule has 1 fully saturated rings. The molecule has 0 atom stereocenters. The fraction of sp³-hybridized carbons (Fsp3) is 0.375. The first-order valence-corrected chi connectivity index (χ1v) is 11.4. The summed E-state index contributed by atoms with van der Waals surface area (Å²) in [6.07, 6.45) is 8.01. The van der Waals surface area contributed by atoms with Crippen LogP contribution in [0.2, 0.25) is 0 Å². The highest BCUT2D eigenvalue weighted by atomic mass is 32.1. The van der Waals surface area contributed by atoms with E-state index in [1.54, 1.807) is 12.1 Å². The van der Waals surface area contributed by atoms with Gasteiger partial charge in [-0.1, -0.05) is 62.4 Å². The number of hydrogen-bond acceptors (Lipinski definition) is 5. The normalized spacial score (nSPS) is 15.3. The standard InChI is InChI=1S/C24H26N2O3S/c27-22(25-17-10-4-2-1-3-5-11-17)16-29-24(28)19-13-7-6-12-18(19)23-26-20-14-8-9-15-21(20)30-23/h6-9,12-15,17H,1-5,10-11,16H2,(H,25,27). The number of nitrogens with one attached hydrogen (secondary N) is 1. The Morgan fingerprint density at radius 2 is 1.67 bits per heavy atom. The highest BCUT2D eigenvalue weighted by molar-refractivity contribution is 7.21. The zero-order chi connectivity index (χ0) is 20.8. The summed E-state index contributed by atoms with van der Waals surface area (Å²) in [6, 6.07) is 15.3. The van der Waals surface area contributed by atoms with Gasteiger partial charge in [-0.25, -0.2) is 9.78 Å². The number of thiazole rings is 1. The van der Waals surface area contributed by atoms with E-state index in [1.165, 1.54) is 30.6 Å². The van der Waals surface area contributed by atoms with Crippen LogP contribution in [0.5, 0.6) is 0 Å². The van der Waals surface area contributed by atoms with E-state index in [4.69, 9.17) is 4.74 Å². The summed E-state index contributed by atoms with van der Waals surface area (Å²) < 4.78 is 6.41. The minimum atomic E-state index is -0.502. The van der Waals surface area contributed by atoms with Crippen LogP contribution in [-0.4, -0.2) is 29.5 Å². The third-order valence-corrected chi connectivity index (χ3v) is 6.55. The molecule has 3 aromatic rings. The fourth-order valence-corrected chi connectivity index (χ4v) is 4.92. The Kier molecular flexibility index (Phi) is 6.74. The third-order valence-electron chi connectivity index (χ3n) is 5.48. The molecular weight excluding hydrogens is 396 g/mol. The highest BCUT2D eigenvalue weighted by Gasteiger charge is 2.19. The lowest BCUT2D eigenvalue weighted by Gasteiger charge is -2.21. The summed E-state index contributed by atoms with van der Waals surface area (Å²) in [4.78, 5) is 29.7. The van der Waals surface area contributed by atoms with E-state index in [1.807, 2.05) is 36.4 Å². The first-order valence-electron chi connectivity index (χ1n) is 10.6. The van der Waals surface area contributed by atoms with Crippen LogP contribution in [-0.2, 0) is 9.53 Å². The van der Waals surface area contributed by atoms with Crippen molar-refractivity contribution in [3.05, 3.63) is 54.1 Å². The number of carbonyl (C=O) groups excluding carboxylic acids is 2. The van der Waals surface area contributed by atoms with Gasteiger partial charge in [-0.15, -0.1) is 11.3 Å². The van der Waals surface area contributed by atoms with Crippen LogP contribution >= 0.6 is 11.3 Å². The summed E-state index contributed by atoms with van der Waals surface area (Å²) in [7, 11) is 0. The maximum atomic E-state index is 12.7. The number of nitrogens with zero attached hydrogens (tertiary/aromatic N) is 1. The average molecular weight is 423 g/mol. The smallest absolute Gasteiger partial charge is 0.339 e. The summed E-state index contributed by atoms with van der Waals surface area (Å²) in [6.45, 7) is -0.260. The van der Waals surface area contributed by atoms with Crippen LogP contribution in [0.4, 0.5) is 0 Å². The van der Waals surface area contributed by atoms with Gasteiger partial charge in [-0.2, -0.15) is 0 Å². The number of hydrogen-bond donors (Lipinski definition) is 1. The van der Waals surface area contributed by atoms with Gasteiger partial charge in [-0.05, 0) is 31.0 Å². The maximum Gasteiger partial charge on any atom is 0.339 e. The van der Waals surface area contributed by atoms with E-state index in [2.05, 4.69) is 10.3 Å². The van der Waals surface area contributed by atoms with Gasteiger partial charge in [0.05, 0.1) is 15.8 Å². The van der Waals surface area contributed by atoms with Gasteiger partial charge in [0.15, 0.2) is 6.61 Å². The van der Waals surface area contributed by atoms with Crippen molar-refractivity contribution in [2.45, 2.75) is 51.0 Å². The van der Waals surface area contributed by atoms with Crippen molar-refractivity contribution in [2.24, 2.45) is 0 Å². The van der Waals surface area contributed by atoms with Crippen LogP contribution in [0.3, 0.4) is 0 Å². The summed E-state index contributed by atoms with van der Waals surface area (Å²) in [5.74, 6) is -0.732. The monoisotopic (exact) mass is 422 g/mol.